The SMILES string of the molecule is Cc1ccc(-c2c(C(C)OC(C)(C)C)c(C)nc3c2ccn3Cc2ccc(Cl)c(F)c2)cc1. The van der Waals surface area contributed by atoms with Gasteiger partial charge in [-0.05, 0) is 70.9 Å². The van der Waals surface area contributed by atoms with Gasteiger partial charge in [0.15, 0.2) is 0 Å². The second kappa shape index (κ2) is 8.92. The van der Waals surface area contributed by atoms with Crippen LogP contribution in [0.25, 0.3) is 22.2 Å². The average Bonchev–Trinajstić information content (AvgIpc) is 3.11. The number of pyridine rings is 1. The molecule has 0 radical (unpaired) electrons. The maximum Gasteiger partial charge on any atom is 0.142 e. The zero-order valence-electron chi connectivity index (χ0n) is 20.0. The molecule has 0 aliphatic carbocycles. The standard InChI is InChI=1S/C28H30ClFN2O/c1-17-7-10-21(11-8-17)26-22-13-14-32(16-20-9-12-23(29)24(30)15-20)27(22)31-18(2)25(26)19(3)33-28(4,5)6/h7-15,19H,16H2,1-6H3. The Morgan fingerprint density at radius 1 is 1.06 bits per heavy atom. The fourth-order valence-electron chi connectivity index (χ4n) is 4.41. The first-order valence-corrected chi connectivity index (χ1v) is 11.6. The van der Waals surface area contributed by atoms with E-state index in [0.29, 0.717) is 6.54 Å². The van der Waals surface area contributed by atoms with Crippen LogP contribution in [0.2, 0.25) is 5.02 Å². The Balaban J connectivity index is 1.89. The Bertz CT molecular complexity index is 1300. The van der Waals surface area contributed by atoms with Crippen molar-refractivity contribution in [3.63, 3.8) is 0 Å². The smallest absolute Gasteiger partial charge is 0.142 e. The van der Waals surface area contributed by atoms with E-state index < -0.39 is 5.82 Å². The highest BCUT2D eigenvalue weighted by atomic mass is 35.5. The van der Waals surface area contributed by atoms with E-state index >= 15 is 0 Å². The summed E-state index contributed by atoms with van der Waals surface area (Å²) >= 11 is 5.86. The molecule has 0 amide bonds. The lowest BCUT2D eigenvalue weighted by molar-refractivity contribution is -0.0530. The lowest BCUT2D eigenvalue weighted by Gasteiger charge is -2.28. The number of hydrogen-bond donors (Lipinski definition) is 0. The number of halogens is 2. The molecule has 1 atom stereocenters. The number of aryl methyl sites for hydroxylation is 2. The molecule has 0 aliphatic rings. The van der Waals surface area contributed by atoms with Crippen LogP contribution in [-0.2, 0) is 11.3 Å². The third-order valence-corrected chi connectivity index (χ3v) is 6.06. The summed E-state index contributed by atoms with van der Waals surface area (Å²) in [5, 5.41) is 1.18. The zero-order valence-corrected chi connectivity index (χ0v) is 20.8. The molecule has 4 aromatic rings. The predicted molar refractivity (Wildman–Crippen MR) is 134 cm³/mol. The molecule has 2 heterocycles. The molecule has 0 fully saturated rings. The third-order valence-electron chi connectivity index (χ3n) is 5.75. The van der Waals surface area contributed by atoms with Crippen LogP contribution in [0.15, 0.2) is 54.7 Å². The van der Waals surface area contributed by atoms with E-state index in [9.17, 15) is 4.39 Å². The molecule has 2 aromatic carbocycles. The summed E-state index contributed by atoms with van der Waals surface area (Å²) in [6, 6.07) is 15.6. The number of benzene rings is 2. The maximum atomic E-state index is 14.0. The van der Waals surface area contributed by atoms with Gasteiger partial charge in [0.2, 0.25) is 0 Å². The van der Waals surface area contributed by atoms with Crippen molar-refractivity contribution >= 4 is 22.6 Å². The van der Waals surface area contributed by atoms with Crippen LogP contribution in [0.5, 0.6) is 0 Å². The van der Waals surface area contributed by atoms with Gasteiger partial charge >= 0.3 is 0 Å². The molecule has 0 N–H and O–H groups in total. The summed E-state index contributed by atoms with van der Waals surface area (Å²) in [7, 11) is 0. The highest BCUT2D eigenvalue weighted by Gasteiger charge is 2.25. The lowest BCUT2D eigenvalue weighted by Crippen LogP contribution is -2.22. The topological polar surface area (TPSA) is 27.1 Å². The second-order valence-electron chi connectivity index (χ2n) is 9.65. The molecule has 1 unspecified atom stereocenters. The van der Waals surface area contributed by atoms with Crippen molar-refractivity contribution in [2.24, 2.45) is 0 Å². The third kappa shape index (κ3) is 4.97. The summed E-state index contributed by atoms with van der Waals surface area (Å²) < 4.78 is 22.4. The molecule has 5 heteroatoms. The minimum atomic E-state index is -0.412. The first-order chi connectivity index (χ1) is 15.5. The summed E-state index contributed by atoms with van der Waals surface area (Å²) in [5.41, 5.74) is 6.92. The van der Waals surface area contributed by atoms with E-state index in [-0.39, 0.29) is 16.7 Å². The van der Waals surface area contributed by atoms with Crippen molar-refractivity contribution in [1.29, 1.82) is 0 Å². The first-order valence-electron chi connectivity index (χ1n) is 11.2. The summed E-state index contributed by atoms with van der Waals surface area (Å²) in [4.78, 5) is 4.99. The first kappa shape index (κ1) is 23.5. The minimum absolute atomic E-state index is 0.129. The van der Waals surface area contributed by atoms with E-state index in [4.69, 9.17) is 21.3 Å². The Morgan fingerprint density at radius 2 is 1.76 bits per heavy atom. The molecule has 2 aromatic heterocycles. The molecular weight excluding hydrogens is 435 g/mol. The van der Waals surface area contributed by atoms with Gasteiger partial charge in [0, 0.05) is 34.9 Å². The monoisotopic (exact) mass is 464 g/mol. The van der Waals surface area contributed by atoms with E-state index in [1.165, 1.54) is 11.6 Å². The molecule has 0 bridgehead atoms. The van der Waals surface area contributed by atoms with Crippen LogP contribution < -0.4 is 0 Å². The molecule has 4 rings (SSSR count). The second-order valence-corrected chi connectivity index (χ2v) is 10.1. The van der Waals surface area contributed by atoms with E-state index in [2.05, 4.69) is 69.5 Å². The Labute approximate surface area is 200 Å². The van der Waals surface area contributed by atoms with Crippen LogP contribution in [0, 0.1) is 19.7 Å². The highest BCUT2D eigenvalue weighted by molar-refractivity contribution is 6.30. The number of fused-ring (bicyclic) bond motifs is 1. The van der Waals surface area contributed by atoms with Gasteiger partial charge in [0.05, 0.1) is 16.7 Å². The van der Waals surface area contributed by atoms with Gasteiger partial charge in [-0.1, -0.05) is 47.5 Å². The van der Waals surface area contributed by atoms with E-state index in [0.717, 1.165) is 39.0 Å². The van der Waals surface area contributed by atoms with Crippen LogP contribution in [0.4, 0.5) is 4.39 Å². The van der Waals surface area contributed by atoms with Crippen molar-refractivity contribution in [3.8, 4) is 11.1 Å². The van der Waals surface area contributed by atoms with Crippen LogP contribution in [0.1, 0.15) is 56.2 Å². The Kier molecular flexibility index (Phi) is 6.35. The highest BCUT2D eigenvalue weighted by Crippen LogP contribution is 2.39. The summed E-state index contributed by atoms with van der Waals surface area (Å²) in [6.45, 7) is 12.9. The van der Waals surface area contributed by atoms with E-state index in [1.54, 1.807) is 6.07 Å². The fourth-order valence-corrected chi connectivity index (χ4v) is 4.53. The zero-order chi connectivity index (χ0) is 23.9. The van der Waals surface area contributed by atoms with E-state index in [1.807, 2.05) is 19.2 Å². The maximum absolute atomic E-state index is 14.0. The molecule has 0 saturated heterocycles. The summed E-state index contributed by atoms with van der Waals surface area (Å²) in [6.07, 6.45) is 1.88. The largest absolute Gasteiger partial charge is 0.368 e. The predicted octanol–water partition coefficient (Wildman–Crippen LogP) is 8.04. The molecule has 33 heavy (non-hydrogen) atoms. The molecule has 0 aliphatic heterocycles. The van der Waals surface area contributed by atoms with Crippen LogP contribution >= 0.6 is 11.6 Å². The number of rotatable bonds is 5. The van der Waals surface area contributed by atoms with Crippen LogP contribution in [0.3, 0.4) is 0 Å². The van der Waals surface area contributed by atoms with Crippen molar-refractivity contribution in [2.45, 2.75) is 59.8 Å². The van der Waals surface area contributed by atoms with Gasteiger partial charge in [0.25, 0.3) is 0 Å². The van der Waals surface area contributed by atoms with Crippen LogP contribution in [-0.4, -0.2) is 15.2 Å². The van der Waals surface area contributed by atoms with Gasteiger partial charge in [-0.15, -0.1) is 0 Å². The van der Waals surface area contributed by atoms with Gasteiger partial charge < -0.3 is 9.30 Å². The average molecular weight is 465 g/mol. The fraction of sp³-hybridized carbons (Fsp3) is 0.321. The molecule has 3 nitrogen and oxygen atoms in total. The number of aromatic nitrogens is 2. The molecule has 172 valence electrons. The Hall–Kier alpha value is -2.69. The van der Waals surface area contributed by atoms with Crippen molar-refractivity contribution in [1.82, 2.24) is 9.55 Å². The van der Waals surface area contributed by atoms with Crippen molar-refractivity contribution in [2.75, 3.05) is 0 Å². The quantitative estimate of drug-likeness (QED) is 0.299. The minimum Gasteiger partial charge on any atom is -0.368 e. The normalized spacial score (nSPS) is 13.0. The summed E-state index contributed by atoms with van der Waals surface area (Å²) in [5.74, 6) is -0.412. The lowest BCUT2D eigenvalue weighted by atomic mass is 9.92. The molecule has 0 spiro atoms. The van der Waals surface area contributed by atoms with Crippen molar-refractivity contribution in [3.05, 3.63) is 88.0 Å². The molecule has 0 saturated carbocycles. The van der Waals surface area contributed by atoms with Crippen molar-refractivity contribution < 1.29 is 9.13 Å². The van der Waals surface area contributed by atoms with Gasteiger partial charge in [-0.2, -0.15) is 0 Å². The number of nitrogens with zero attached hydrogens (tertiary/aromatic N) is 2. The van der Waals surface area contributed by atoms with Gasteiger partial charge in [-0.25, -0.2) is 9.37 Å². The Morgan fingerprint density at radius 3 is 2.39 bits per heavy atom. The molecular formula is C28H30ClFN2O. The van der Waals surface area contributed by atoms with Gasteiger partial charge in [-0.3, -0.25) is 0 Å². The number of ether oxygens (including phenoxy) is 1. The number of hydrogen-bond acceptors (Lipinski definition) is 2. The van der Waals surface area contributed by atoms with Gasteiger partial charge in [0.1, 0.15) is 11.5 Å².